The van der Waals surface area contributed by atoms with Crippen LogP contribution >= 0.6 is 0 Å². The fraction of sp³-hybridized carbons (Fsp3) is 0.143. The number of halogens is 5. The van der Waals surface area contributed by atoms with Crippen molar-refractivity contribution in [1.82, 2.24) is 9.97 Å². The lowest BCUT2D eigenvalue weighted by atomic mass is 10.1. The first-order valence-corrected chi connectivity index (χ1v) is 9.24. The molecule has 0 atom stereocenters. The quantitative estimate of drug-likeness (QED) is 0.295. The molecule has 7 nitrogen and oxygen atoms in total. The van der Waals surface area contributed by atoms with Crippen molar-refractivity contribution in [2.24, 2.45) is 0 Å². The number of hydrogen-bond donors (Lipinski definition) is 1. The zero-order valence-corrected chi connectivity index (χ0v) is 16.7. The molecule has 0 aliphatic heterocycles. The normalized spacial score (nSPS) is 11.1. The number of ether oxygens (including phenoxy) is 2. The molecule has 0 amide bonds. The van der Waals surface area contributed by atoms with Gasteiger partial charge in [0, 0.05) is 5.69 Å². The van der Waals surface area contributed by atoms with Gasteiger partial charge >= 0.3 is 12.3 Å². The number of alkyl halides is 3. The molecule has 0 radical (unpaired) electrons. The summed E-state index contributed by atoms with van der Waals surface area (Å²) in [5.41, 5.74) is -1.47. The molecule has 12 heteroatoms. The third-order valence-electron chi connectivity index (χ3n) is 4.07. The average molecular weight is 467 g/mol. The molecule has 0 saturated heterocycles. The summed E-state index contributed by atoms with van der Waals surface area (Å²) in [6, 6.07) is 7.33. The average Bonchev–Trinajstić information content (AvgIpc) is 2.73. The zero-order chi connectivity index (χ0) is 24.2. The lowest BCUT2D eigenvalue weighted by molar-refractivity contribution is -0.274. The Morgan fingerprint density at radius 3 is 2.24 bits per heavy atom. The maximum atomic E-state index is 14.3. The second-order valence-corrected chi connectivity index (χ2v) is 6.29. The zero-order valence-electron chi connectivity index (χ0n) is 16.7. The first-order chi connectivity index (χ1) is 15.6. The highest BCUT2D eigenvalue weighted by molar-refractivity contribution is 6.02. The number of carbonyl (C=O) groups is 2. The Kier molecular flexibility index (Phi) is 6.85. The lowest BCUT2D eigenvalue weighted by Gasteiger charge is -2.15. The number of carbonyl (C=O) groups excluding carboxylic acids is 2. The number of aldehydes is 1. The predicted molar refractivity (Wildman–Crippen MR) is 105 cm³/mol. The molecular formula is C21H14F5N3O4. The van der Waals surface area contributed by atoms with Crippen molar-refractivity contribution in [3.05, 3.63) is 65.4 Å². The summed E-state index contributed by atoms with van der Waals surface area (Å²) < 4.78 is 74.3. The van der Waals surface area contributed by atoms with E-state index in [1.807, 2.05) is 0 Å². The SMILES string of the molecule is CCOC(=O)c1c(C=O)nc(-c2c(F)cccc2F)nc1Nc1ccc(OC(F)(F)F)cc1. The molecule has 0 bridgehead atoms. The fourth-order valence-corrected chi connectivity index (χ4v) is 2.76. The maximum Gasteiger partial charge on any atom is 0.573 e. The van der Waals surface area contributed by atoms with Gasteiger partial charge in [0.15, 0.2) is 12.1 Å². The Morgan fingerprint density at radius 1 is 1.06 bits per heavy atom. The number of benzene rings is 2. The van der Waals surface area contributed by atoms with Crippen molar-refractivity contribution < 1.29 is 41.0 Å². The van der Waals surface area contributed by atoms with Crippen LogP contribution < -0.4 is 10.1 Å². The Balaban J connectivity index is 2.11. The molecule has 172 valence electrons. The lowest BCUT2D eigenvalue weighted by Crippen LogP contribution is -2.17. The predicted octanol–water partition coefficient (Wildman–Crippen LogP) is 5.05. The van der Waals surface area contributed by atoms with Crippen molar-refractivity contribution in [3.63, 3.8) is 0 Å². The topological polar surface area (TPSA) is 90.4 Å². The molecule has 0 aliphatic carbocycles. The van der Waals surface area contributed by atoms with Crippen molar-refractivity contribution >= 4 is 23.8 Å². The molecule has 2 aromatic carbocycles. The van der Waals surface area contributed by atoms with Crippen LogP contribution in [0.25, 0.3) is 11.4 Å². The molecule has 0 unspecified atom stereocenters. The van der Waals surface area contributed by atoms with Crippen LogP contribution in [0.4, 0.5) is 33.5 Å². The smallest absolute Gasteiger partial charge is 0.462 e. The van der Waals surface area contributed by atoms with E-state index in [-0.39, 0.29) is 24.4 Å². The first kappa shape index (κ1) is 23.6. The van der Waals surface area contributed by atoms with Gasteiger partial charge in [-0.05, 0) is 43.3 Å². The van der Waals surface area contributed by atoms with Crippen LogP contribution in [0.15, 0.2) is 42.5 Å². The summed E-state index contributed by atoms with van der Waals surface area (Å²) in [7, 11) is 0. The van der Waals surface area contributed by atoms with Crippen LogP contribution in [0.3, 0.4) is 0 Å². The van der Waals surface area contributed by atoms with Crippen LogP contribution in [0.1, 0.15) is 27.8 Å². The molecule has 0 fully saturated rings. The van der Waals surface area contributed by atoms with Crippen molar-refractivity contribution in [2.75, 3.05) is 11.9 Å². The minimum absolute atomic E-state index is 0.0657. The summed E-state index contributed by atoms with van der Waals surface area (Å²) >= 11 is 0. The van der Waals surface area contributed by atoms with E-state index in [2.05, 4.69) is 20.0 Å². The van der Waals surface area contributed by atoms with E-state index in [4.69, 9.17) is 4.74 Å². The minimum atomic E-state index is -4.89. The van der Waals surface area contributed by atoms with Crippen LogP contribution in [-0.4, -0.2) is 35.2 Å². The Morgan fingerprint density at radius 2 is 1.70 bits per heavy atom. The molecule has 0 aliphatic rings. The van der Waals surface area contributed by atoms with Crippen molar-refractivity contribution in [1.29, 1.82) is 0 Å². The van der Waals surface area contributed by atoms with Crippen molar-refractivity contribution in [2.45, 2.75) is 13.3 Å². The van der Waals surface area contributed by atoms with Gasteiger partial charge in [0.1, 0.15) is 34.5 Å². The summed E-state index contributed by atoms with van der Waals surface area (Å²) in [4.78, 5) is 31.8. The Hall–Kier alpha value is -4.09. The van der Waals surface area contributed by atoms with Crippen LogP contribution in [0.5, 0.6) is 5.75 Å². The van der Waals surface area contributed by atoms with E-state index in [1.165, 1.54) is 19.1 Å². The van der Waals surface area contributed by atoms with E-state index in [0.717, 1.165) is 30.3 Å². The molecule has 0 spiro atoms. The minimum Gasteiger partial charge on any atom is -0.462 e. The molecule has 33 heavy (non-hydrogen) atoms. The monoisotopic (exact) mass is 467 g/mol. The van der Waals surface area contributed by atoms with Gasteiger partial charge < -0.3 is 14.8 Å². The molecule has 3 rings (SSSR count). The highest BCUT2D eigenvalue weighted by atomic mass is 19.4. The van der Waals surface area contributed by atoms with E-state index >= 15 is 0 Å². The van der Waals surface area contributed by atoms with E-state index in [0.29, 0.717) is 0 Å². The van der Waals surface area contributed by atoms with Gasteiger partial charge in [0.25, 0.3) is 0 Å². The van der Waals surface area contributed by atoms with Gasteiger partial charge in [-0.1, -0.05) is 6.07 Å². The first-order valence-electron chi connectivity index (χ1n) is 9.24. The largest absolute Gasteiger partial charge is 0.573 e. The molecular weight excluding hydrogens is 453 g/mol. The van der Waals surface area contributed by atoms with Gasteiger partial charge in [-0.3, -0.25) is 4.79 Å². The number of esters is 1. The number of nitrogens with zero attached hydrogens (tertiary/aromatic N) is 2. The molecule has 0 saturated carbocycles. The Bertz CT molecular complexity index is 1160. The molecule has 1 heterocycles. The summed E-state index contributed by atoms with van der Waals surface area (Å²) in [5.74, 6) is -4.44. The van der Waals surface area contributed by atoms with Crippen LogP contribution in [-0.2, 0) is 4.74 Å². The Labute approximate surface area is 183 Å². The van der Waals surface area contributed by atoms with Gasteiger partial charge in [0.05, 0.1) is 12.2 Å². The van der Waals surface area contributed by atoms with Gasteiger partial charge in [0.2, 0.25) is 0 Å². The highest BCUT2D eigenvalue weighted by Gasteiger charge is 2.31. The summed E-state index contributed by atoms with van der Waals surface area (Å²) in [6.45, 7) is 1.44. The van der Waals surface area contributed by atoms with E-state index < -0.39 is 52.4 Å². The van der Waals surface area contributed by atoms with Gasteiger partial charge in [-0.2, -0.15) is 0 Å². The third kappa shape index (κ3) is 5.59. The summed E-state index contributed by atoms with van der Waals surface area (Å²) in [6.07, 6.45) is -4.71. The number of nitrogens with one attached hydrogen (secondary N) is 1. The highest BCUT2D eigenvalue weighted by Crippen LogP contribution is 2.30. The third-order valence-corrected chi connectivity index (χ3v) is 4.07. The molecule has 1 aromatic heterocycles. The molecule has 1 N–H and O–H groups in total. The van der Waals surface area contributed by atoms with Gasteiger partial charge in [-0.25, -0.2) is 23.5 Å². The van der Waals surface area contributed by atoms with Crippen LogP contribution in [0, 0.1) is 11.6 Å². The number of aromatic nitrogens is 2. The van der Waals surface area contributed by atoms with Gasteiger partial charge in [-0.15, -0.1) is 13.2 Å². The fourth-order valence-electron chi connectivity index (χ4n) is 2.76. The second kappa shape index (κ2) is 9.59. The number of anilines is 2. The molecule has 3 aromatic rings. The van der Waals surface area contributed by atoms with Crippen LogP contribution in [0.2, 0.25) is 0 Å². The maximum absolute atomic E-state index is 14.3. The summed E-state index contributed by atoms with van der Waals surface area (Å²) in [5, 5.41) is 2.63. The van der Waals surface area contributed by atoms with E-state index in [9.17, 15) is 31.5 Å². The van der Waals surface area contributed by atoms with Crippen molar-refractivity contribution in [3.8, 4) is 17.1 Å². The standard InChI is InChI=1S/C21H14F5N3O4/c1-2-32-20(31)17-15(10-30)28-18(16-13(22)4-3-5-14(16)23)29-19(17)27-11-6-8-12(9-7-11)33-21(24,25)26/h3-10H,2H2,1H3,(H,27,28,29). The second-order valence-electron chi connectivity index (χ2n) is 6.29. The number of hydrogen-bond acceptors (Lipinski definition) is 7. The number of rotatable bonds is 7. The van der Waals surface area contributed by atoms with E-state index in [1.54, 1.807) is 0 Å².